The molecule has 1 aromatic carbocycles. The lowest BCUT2D eigenvalue weighted by Gasteiger charge is -2.18. The van der Waals surface area contributed by atoms with E-state index in [1.54, 1.807) is 18.3 Å². The molecule has 7 heteroatoms. The Kier molecular flexibility index (Phi) is 4.27. The number of pyridine rings is 1. The van der Waals surface area contributed by atoms with Gasteiger partial charge < -0.3 is 21.1 Å². The van der Waals surface area contributed by atoms with Gasteiger partial charge in [0.2, 0.25) is 0 Å². The molecular formula is C18H21ClN4O2. The highest BCUT2D eigenvalue weighted by atomic mass is 35.5. The largest absolute Gasteiger partial charge is 0.397 e. The molecule has 0 spiro atoms. The van der Waals surface area contributed by atoms with Crippen LogP contribution in [0.15, 0.2) is 24.4 Å². The number of nitrogens with two attached hydrogens (primary N) is 1. The number of benzene rings is 1. The first kappa shape index (κ1) is 16.6. The van der Waals surface area contributed by atoms with Gasteiger partial charge in [-0.25, -0.2) is 0 Å². The Hall–Kier alpha value is -1.89. The van der Waals surface area contributed by atoms with Gasteiger partial charge in [-0.2, -0.15) is 0 Å². The first-order valence-corrected chi connectivity index (χ1v) is 8.92. The summed E-state index contributed by atoms with van der Waals surface area (Å²) in [6.45, 7) is 3.65. The van der Waals surface area contributed by atoms with Crippen molar-refractivity contribution in [2.24, 2.45) is 17.8 Å². The monoisotopic (exact) mass is 360 g/mol. The SMILES string of the molecule is Nc1c(Cl)cc(C(=O)NCC2C3CN(CCO)CC23)c2ncccc12. The lowest BCUT2D eigenvalue weighted by atomic mass is 10.1. The highest BCUT2D eigenvalue weighted by Crippen LogP contribution is 2.51. The summed E-state index contributed by atoms with van der Waals surface area (Å²) in [5.74, 6) is 1.64. The number of β-amino-alcohol motifs (C(OH)–C–C–N with tert-alkyl or cyclic N) is 1. The van der Waals surface area contributed by atoms with Crippen LogP contribution in [0.2, 0.25) is 5.02 Å². The minimum atomic E-state index is -0.164. The van der Waals surface area contributed by atoms with Gasteiger partial charge in [-0.15, -0.1) is 0 Å². The van der Waals surface area contributed by atoms with Crippen LogP contribution in [0.5, 0.6) is 0 Å². The summed E-state index contributed by atoms with van der Waals surface area (Å²) in [6.07, 6.45) is 1.65. The van der Waals surface area contributed by atoms with Crippen LogP contribution in [0.4, 0.5) is 5.69 Å². The average molecular weight is 361 g/mol. The van der Waals surface area contributed by atoms with Gasteiger partial charge in [-0.3, -0.25) is 9.78 Å². The number of aromatic nitrogens is 1. The molecule has 2 aliphatic rings. The number of nitrogens with zero attached hydrogens (tertiary/aromatic N) is 2. The molecule has 1 aromatic heterocycles. The lowest BCUT2D eigenvalue weighted by molar-refractivity contribution is 0.0950. The Morgan fingerprint density at radius 1 is 1.44 bits per heavy atom. The molecule has 4 rings (SSSR count). The highest BCUT2D eigenvalue weighted by molar-refractivity contribution is 6.35. The molecule has 2 aromatic rings. The van der Waals surface area contributed by atoms with Gasteiger partial charge in [-0.05, 0) is 36.0 Å². The Morgan fingerprint density at radius 3 is 2.92 bits per heavy atom. The number of amides is 1. The molecule has 0 bridgehead atoms. The number of anilines is 1. The summed E-state index contributed by atoms with van der Waals surface area (Å²) in [5.41, 5.74) is 7.48. The van der Waals surface area contributed by atoms with E-state index in [0.717, 1.165) is 19.6 Å². The van der Waals surface area contributed by atoms with Crippen molar-refractivity contribution in [3.63, 3.8) is 0 Å². The standard InChI is InChI=1S/C18H21ClN4O2/c19-15-6-11(17-10(16(15)20)2-1-3-21-17)18(25)22-7-12-13-8-23(4-5-24)9-14(12)13/h1-3,6,12-14,24H,4-5,7-9,20H2,(H,22,25). The number of aliphatic hydroxyl groups excluding tert-OH is 1. The van der Waals surface area contributed by atoms with Crippen LogP contribution in [0.3, 0.4) is 0 Å². The molecular weight excluding hydrogens is 340 g/mol. The lowest BCUT2D eigenvalue weighted by Crippen LogP contribution is -2.32. The first-order valence-electron chi connectivity index (χ1n) is 8.54. The Balaban J connectivity index is 1.43. The van der Waals surface area contributed by atoms with Gasteiger partial charge in [0.05, 0.1) is 28.4 Å². The Labute approximate surface area is 151 Å². The second-order valence-electron chi connectivity index (χ2n) is 6.90. The average Bonchev–Trinajstić information content (AvgIpc) is 3.07. The van der Waals surface area contributed by atoms with Crippen LogP contribution in [-0.2, 0) is 0 Å². The molecule has 1 aliphatic heterocycles. The molecule has 6 nitrogen and oxygen atoms in total. The smallest absolute Gasteiger partial charge is 0.253 e. The summed E-state index contributed by atoms with van der Waals surface area (Å²) in [4.78, 5) is 19.2. The quantitative estimate of drug-likeness (QED) is 0.700. The molecule has 2 atom stereocenters. The number of hydrogen-bond donors (Lipinski definition) is 3. The summed E-state index contributed by atoms with van der Waals surface area (Å²) < 4.78 is 0. The van der Waals surface area contributed by atoms with E-state index in [1.165, 1.54) is 0 Å². The molecule has 2 fully saturated rings. The van der Waals surface area contributed by atoms with Crippen molar-refractivity contribution in [1.82, 2.24) is 15.2 Å². The second-order valence-corrected chi connectivity index (χ2v) is 7.31. The normalized spacial score (nSPS) is 25.1. The van der Waals surface area contributed by atoms with Gasteiger partial charge >= 0.3 is 0 Å². The van der Waals surface area contributed by atoms with Crippen LogP contribution >= 0.6 is 11.6 Å². The summed E-state index contributed by atoms with van der Waals surface area (Å²) in [7, 11) is 0. The number of fused-ring (bicyclic) bond motifs is 2. The van der Waals surface area contributed by atoms with E-state index in [-0.39, 0.29) is 12.5 Å². The van der Waals surface area contributed by atoms with Crippen LogP contribution in [0.1, 0.15) is 10.4 Å². The molecule has 25 heavy (non-hydrogen) atoms. The molecule has 2 unspecified atom stereocenters. The van der Waals surface area contributed by atoms with Crippen molar-refractivity contribution in [3.8, 4) is 0 Å². The zero-order valence-corrected chi connectivity index (χ0v) is 14.5. The van der Waals surface area contributed by atoms with E-state index in [2.05, 4.69) is 15.2 Å². The maximum Gasteiger partial charge on any atom is 0.253 e. The maximum atomic E-state index is 12.6. The van der Waals surface area contributed by atoms with Crippen molar-refractivity contribution < 1.29 is 9.90 Å². The summed E-state index contributed by atoms with van der Waals surface area (Å²) in [6, 6.07) is 5.19. The molecule has 1 saturated carbocycles. The fourth-order valence-corrected chi connectivity index (χ4v) is 4.29. The van der Waals surface area contributed by atoms with E-state index in [0.29, 0.717) is 51.5 Å². The molecule has 1 saturated heterocycles. The summed E-state index contributed by atoms with van der Waals surface area (Å²) >= 11 is 6.18. The van der Waals surface area contributed by atoms with Gasteiger partial charge in [0, 0.05) is 37.8 Å². The number of nitrogen functional groups attached to an aromatic ring is 1. The van der Waals surface area contributed by atoms with Gasteiger partial charge in [0.15, 0.2) is 0 Å². The van der Waals surface area contributed by atoms with Gasteiger partial charge in [0.1, 0.15) is 0 Å². The Bertz CT molecular complexity index is 816. The predicted molar refractivity (Wildman–Crippen MR) is 97.5 cm³/mol. The fraction of sp³-hybridized carbons (Fsp3) is 0.444. The van der Waals surface area contributed by atoms with Crippen molar-refractivity contribution in [2.45, 2.75) is 0 Å². The number of carbonyl (C=O) groups excluding carboxylic acids is 1. The number of piperidine rings is 1. The molecule has 1 aliphatic carbocycles. The minimum absolute atomic E-state index is 0.164. The third-order valence-corrected chi connectivity index (χ3v) is 5.80. The van der Waals surface area contributed by atoms with E-state index >= 15 is 0 Å². The number of aliphatic hydroxyl groups is 1. The van der Waals surface area contributed by atoms with Crippen LogP contribution < -0.4 is 11.1 Å². The number of halogens is 1. The molecule has 132 valence electrons. The number of rotatable bonds is 5. The Morgan fingerprint density at radius 2 is 2.20 bits per heavy atom. The predicted octanol–water partition coefficient (Wildman–Crippen LogP) is 1.37. The number of carbonyl (C=O) groups is 1. The zero-order valence-electron chi connectivity index (χ0n) is 13.8. The van der Waals surface area contributed by atoms with Gasteiger partial charge in [-0.1, -0.05) is 11.6 Å². The molecule has 0 radical (unpaired) electrons. The molecule has 1 amide bonds. The first-order chi connectivity index (χ1) is 12.1. The van der Waals surface area contributed by atoms with Crippen molar-refractivity contribution >= 4 is 34.1 Å². The van der Waals surface area contributed by atoms with Crippen molar-refractivity contribution in [1.29, 1.82) is 0 Å². The van der Waals surface area contributed by atoms with E-state index in [4.69, 9.17) is 22.4 Å². The summed E-state index contributed by atoms with van der Waals surface area (Å²) in [5, 5.41) is 13.1. The molecule has 4 N–H and O–H groups in total. The number of hydrogen-bond acceptors (Lipinski definition) is 5. The van der Waals surface area contributed by atoms with Crippen LogP contribution in [0, 0.1) is 17.8 Å². The van der Waals surface area contributed by atoms with E-state index < -0.39 is 0 Å². The van der Waals surface area contributed by atoms with Crippen molar-refractivity contribution in [3.05, 3.63) is 35.0 Å². The van der Waals surface area contributed by atoms with E-state index in [9.17, 15) is 4.79 Å². The number of nitrogens with one attached hydrogen (secondary N) is 1. The third-order valence-electron chi connectivity index (χ3n) is 5.49. The zero-order chi connectivity index (χ0) is 17.6. The van der Waals surface area contributed by atoms with Crippen LogP contribution in [0.25, 0.3) is 10.9 Å². The fourth-order valence-electron chi connectivity index (χ4n) is 4.08. The molecule has 2 heterocycles. The third kappa shape index (κ3) is 2.94. The number of likely N-dealkylation sites (tertiary alicyclic amines) is 1. The van der Waals surface area contributed by atoms with Crippen molar-refractivity contribution in [2.75, 3.05) is 38.5 Å². The maximum absolute atomic E-state index is 12.6. The second kappa shape index (κ2) is 6.44. The minimum Gasteiger partial charge on any atom is -0.397 e. The highest BCUT2D eigenvalue weighted by Gasteiger charge is 2.54. The topological polar surface area (TPSA) is 91.5 Å². The van der Waals surface area contributed by atoms with E-state index in [1.807, 2.05) is 6.07 Å². The van der Waals surface area contributed by atoms with Gasteiger partial charge in [0.25, 0.3) is 5.91 Å². The van der Waals surface area contributed by atoms with Crippen LogP contribution in [-0.4, -0.2) is 53.7 Å².